The number of hydrogen-bond acceptors (Lipinski definition) is 2. The van der Waals surface area contributed by atoms with Gasteiger partial charge < -0.3 is 10.4 Å². The Labute approximate surface area is 87.1 Å². The Morgan fingerprint density at radius 3 is 2.50 bits per heavy atom. The van der Waals surface area contributed by atoms with E-state index in [0.717, 1.165) is 12.3 Å². The zero-order valence-electron chi connectivity index (χ0n) is 9.42. The first-order valence-corrected chi connectivity index (χ1v) is 6.05. The Morgan fingerprint density at radius 2 is 2.00 bits per heavy atom. The van der Waals surface area contributed by atoms with Crippen molar-refractivity contribution in [3.63, 3.8) is 0 Å². The van der Waals surface area contributed by atoms with Gasteiger partial charge in [-0.05, 0) is 43.9 Å². The van der Waals surface area contributed by atoms with E-state index in [0.29, 0.717) is 18.6 Å². The lowest BCUT2D eigenvalue weighted by Crippen LogP contribution is -2.56. The summed E-state index contributed by atoms with van der Waals surface area (Å²) in [6, 6.07) is 0.706. The van der Waals surface area contributed by atoms with Gasteiger partial charge in [-0.1, -0.05) is 13.8 Å². The molecule has 2 aliphatic rings. The van der Waals surface area contributed by atoms with Crippen LogP contribution in [0.25, 0.3) is 0 Å². The van der Waals surface area contributed by atoms with Crippen LogP contribution in [0.3, 0.4) is 0 Å². The first kappa shape index (κ1) is 10.4. The Hall–Kier alpha value is -0.0800. The minimum absolute atomic E-state index is 0.0493. The second kappa shape index (κ2) is 3.82. The van der Waals surface area contributed by atoms with Crippen LogP contribution in [0.4, 0.5) is 0 Å². The van der Waals surface area contributed by atoms with E-state index in [2.05, 4.69) is 19.2 Å². The van der Waals surface area contributed by atoms with Crippen LogP contribution in [-0.4, -0.2) is 23.3 Å². The summed E-state index contributed by atoms with van der Waals surface area (Å²) in [5, 5.41) is 13.3. The molecule has 0 bridgehead atoms. The molecule has 0 aliphatic heterocycles. The summed E-state index contributed by atoms with van der Waals surface area (Å²) < 4.78 is 0. The SMILES string of the molecule is CC1CCC(CO)(NC2CC2)C(C)C1. The van der Waals surface area contributed by atoms with Gasteiger partial charge in [0.15, 0.2) is 0 Å². The third kappa shape index (κ3) is 1.96. The summed E-state index contributed by atoms with van der Waals surface area (Å²) in [6.45, 7) is 4.94. The molecule has 2 nitrogen and oxygen atoms in total. The molecule has 2 N–H and O–H groups in total. The molecule has 2 rings (SSSR count). The smallest absolute Gasteiger partial charge is 0.0616 e. The minimum atomic E-state index is 0.0493. The van der Waals surface area contributed by atoms with E-state index in [1.807, 2.05) is 0 Å². The molecule has 0 saturated heterocycles. The second-order valence-corrected chi connectivity index (χ2v) is 5.51. The Bertz CT molecular complexity index is 202. The quantitative estimate of drug-likeness (QED) is 0.724. The molecule has 0 aromatic heterocycles. The van der Waals surface area contributed by atoms with Crippen molar-refractivity contribution in [1.82, 2.24) is 5.32 Å². The Balaban J connectivity index is 2.01. The van der Waals surface area contributed by atoms with Gasteiger partial charge in [0.1, 0.15) is 0 Å². The zero-order chi connectivity index (χ0) is 10.2. The predicted molar refractivity (Wildman–Crippen MR) is 58.2 cm³/mol. The standard InChI is InChI=1S/C12H23NO/c1-9-5-6-12(8-14,10(2)7-9)13-11-3-4-11/h9-11,13-14H,3-8H2,1-2H3. The van der Waals surface area contributed by atoms with Crippen LogP contribution in [-0.2, 0) is 0 Å². The number of aliphatic hydroxyl groups is 1. The van der Waals surface area contributed by atoms with E-state index >= 15 is 0 Å². The van der Waals surface area contributed by atoms with Crippen LogP contribution < -0.4 is 5.32 Å². The highest BCUT2D eigenvalue weighted by Crippen LogP contribution is 2.38. The van der Waals surface area contributed by atoms with Crippen molar-refractivity contribution in [2.75, 3.05) is 6.61 Å². The molecule has 14 heavy (non-hydrogen) atoms. The number of aliphatic hydroxyl groups excluding tert-OH is 1. The lowest BCUT2D eigenvalue weighted by molar-refractivity contribution is 0.0559. The second-order valence-electron chi connectivity index (χ2n) is 5.51. The van der Waals surface area contributed by atoms with Gasteiger partial charge in [-0.3, -0.25) is 0 Å². The van der Waals surface area contributed by atoms with E-state index in [4.69, 9.17) is 0 Å². The van der Waals surface area contributed by atoms with E-state index in [1.54, 1.807) is 0 Å². The van der Waals surface area contributed by atoms with Crippen LogP contribution in [0.5, 0.6) is 0 Å². The van der Waals surface area contributed by atoms with Crippen LogP contribution in [0.2, 0.25) is 0 Å². The normalized spacial score (nSPS) is 43.9. The Morgan fingerprint density at radius 1 is 1.29 bits per heavy atom. The van der Waals surface area contributed by atoms with E-state index in [1.165, 1.54) is 25.7 Å². The van der Waals surface area contributed by atoms with Gasteiger partial charge in [0.2, 0.25) is 0 Å². The maximum absolute atomic E-state index is 9.61. The highest BCUT2D eigenvalue weighted by Gasteiger charge is 2.42. The highest BCUT2D eigenvalue weighted by atomic mass is 16.3. The molecule has 0 aromatic rings. The molecular formula is C12H23NO. The molecule has 2 saturated carbocycles. The predicted octanol–water partition coefficient (Wildman–Crippen LogP) is 1.93. The van der Waals surface area contributed by atoms with Gasteiger partial charge in [-0.15, -0.1) is 0 Å². The molecule has 0 aromatic carbocycles. The van der Waals surface area contributed by atoms with E-state index in [9.17, 15) is 5.11 Å². The van der Waals surface area contributed by atoms with Crippen molar-refractivity contribution >= 4 is 0 Å². The molecule has 0 amide bonds. The van der Waals surface area contributed by atoms with Gasteiger partial charge in [-0.25, -0.2) is 0 Å². The number of nitrogens with one attached hydrogen (secondary N) is 1. The molecule has 2 heteroatoms. The maximum atomic E-state index is 9.61. The van der Waals surface area contributed by atoms with Crippen molar-refractivity contribution in [3.05, 3.63) is 0 Å². The zero-order valence-corrected chi connectivity index (χ0v) is 9.42. The molecule has 2 aliphatic carbocycles. The average molecular weight is 197 g/mol. The minimum Gasteiger partial charge on any atom is -0.394 e. The van der Waals surface area contributed by atoms with Crippen molar-refractivity contribution in [2.45, 2.75) is 57.5 Å². The molecule has 3 atom stereocenters. The van der Waals surface area contributed by atoms with Crippen LogP contribution in [0.1, 0.15) is 46.0 Å². The average Bonchev–Trinajstić information content (AvgIpc) is 2.94. The maximum Gasteiger partial charge on any atom is 0.0616 e. The summed E-state index contributed by atoms with van der Waals surface area (Å²) in [5.74, 6) is 1.46. The summed E-state index contributed by atoms with van der Waals surface area (Å²) >= 11 is 0. The van der Waals surface area contributed by atoms with Gasteiger partial charge in [0.05, 0.1) is 6.61 Å². The van der Waals surface area contributed by atoms with E-state index in [-0.39, 0.29) is 5.54 Å². The van der Waals surface area contributed by atoms with Crippen molar-refractivity contribution in [2.24, 2.45) is 11.8 Å². The van der Waals surface area contributed by atoms with Crippen molar-refractivity contribution in [1.29, 1.82) is 0 Å². The fourth-order valence-corrected chi connectivity index (χ4v) is 2.83. The van der Waals surface area contributed by atoms with Crippen LogP contribution in [0, 0.1) is 11.8 Å². The van der Waals surface area contributed by atoms with Crippen LogP contribution >= 0.6 is 0 Å². The molecular weight excluding hydrogens is 174 g/mol. The first-order valence-electron chi connectivity index (χ1n) is 6.05. The third-order valence-corrected chi connectivity index (χ3v) is 4.13. The molecule has 2 fully saturated rings. The first-order chi connectivity index (χ1) is 6.66. The molecule has 82 valence electrons. The van der Waals surface area contributed by atoms with Gasteiger partial charge in [-0.2, -0.15) is 0 Å². The lowest BCUT2D eigenvalue weighted by atomic mass is 9.70. The number of rotatable bonds is 3. The molecule has 0 radical (unpaired) electrons. The summed E-state index contributed by atoms with van der Waals surface area (Å²) in [4.78, 5) is 0. The number of hydrogen-bond donors (Lipinski definition) is 2. The van der Waals surface area contributed by atoms with Gasteiger partial charge in [0.25, 0.3) is 0 Å². The van der Waals surface area contributed by atoms with E-state index < -0.39 is 0 Å². The summed E-state index contributed by atoms with van der Waals surface area (Å²) in [5.41, 5.74) is 0.0493. The van der Waals surface area contributed by atoms with Gasteiger partial charge >= 0.3 is 0 Å². The lowest BCUT2D eigenvalue weighted by Gasteiger charge is -2.44. The topological polar surface area (TPSA) is 32.3 Å². The fourth-order valence-electron chi connectivity index (χ4n) is 2.83. The van der Waals surface area contributed by atoms with Crippen molar-refractivity contribution < 1.29 is 5.11 Å². The highest BCUT2D eigenvalue weighted by molar-refractivity contribution is 5.00. The molecule has 3 unspecified atom stereocenters. The summed E-state index contributed by atoms with van der Waals surface area (Å²) in [6.07, 6.45) is 6.31. The van der Waals surface area contributed by atoms with Crippen LogP contribution in [0.15, 0.2) is 0 Å². The monoisotopic (exact) mass is 197 g/mol. The fraction of sp³-hybridized carbons (Fsp3) is 1.00. The largest absolute Gasteiger partial charge is 0.394 e. The third-order valence-electron chi connectivity index (χ3n) is 4.13. The molecule has 0 spiro atoms. The van der Waals surface area contributed by atoms with Crippen molar-refractivity contribution in [3.8, 4) is 0 Å². The molecule has 0 heterocycles. The van der Waals surface area contributed by atoms with Gasteiger partial charge in [0, 0.05) is 11.6 Å². The summed E-state index contributed by atoms with van der Waals surface area (Å²) in [7, 11) is 0. The Kier molecular flexibility index (Phi) is 2.85.